The summed E-state index contributed by atoms with van der Waals surface area (Å²) >= 11 is 0. The topological polar surface area (TPSA) is 85.3 Å². The molecule has 7 heteroatoms. The van der Waals surface area contributed by atoms with E-state index in [9.17, 15) is 14.7 Å². The minimum Gasteiger partial charge on any atom is -0.503 e. The predicted octanol–water partition coefficient (Wildman–Crippen LogP) is 1.88. The number of aliphatic hydroxyl groups excluding tert-OH is 1. The fraction of sp³-hybridized carbons (Fsp3) is 0.444. The second-order valence-electron chi connectivity index (χ2n) is 6.43. The number of amides is 1. The highest BCUT2D eigenvalue weighted by atomic mass is 16.7. The molecule has 1 saturated heterocycles. The minimum absolute atomic E-state index is 0.0837. The Bertz CT molecular complexity index is 765. The SMILES string of the molecule is CC(=O)C1=C(O)C(=O)N(C[C@H]2CCCO2)[C@@H]1c1ccc2c(c1)OCO2. The van der Waals surface area contributed by atoms with Gasteiger partial charge in [0.2, 0.25) is 6.79 Å². The van der Waals surface area contributed by atoms with Crippen molar-refractivity contribution in [1.29, 1.82) is 0 Å². The Morgan fingerprint density at radius 3 is 2.84 bits per heavy atom. The fourth-order valence-corrected chi connectivity index (χ4v) is 3.64. The number of nitrogens with zero attached hydrogens (tertiary/aromatic N) is 1. The van der Waals surface area contributed by atoms with Gasteiger partial charge in [0.15, 0.2) is 23.0 Å². The molecule has 1 aromatic carbocycles. The highest BCUT2D eigenvalue weighted by Crippen LogP contribution is 2.42. The van der Waals surface area contributed by atoms with Crippen molar-refractivity contribution < 1.29 is 28.9 Å². The molecule has 0 spiro atoms. The summed E-state index contributed by atoms with van der Waals surface area (Å²) in [5, 5.41) is 10.3. The molecular weight excluding hydrogens is 326 g/mol. The van der Waals surface area contributed by atoms with Crippen molar-refractivity contribution in [3.05, 3.63) is 35.1 Å². The van der Waals surface area contributed by atoms with Crippen LogP contribution in [0.4, 0.5) is 0 Å². The molecule has 1 aromatic rings. The molecule has 3 heterocycles. The summed E-state index contributed by atoms with van der Waals surface area (Å²) < 4.78 is 16.3. The van der Waals surface area contributed by atoms with E-state index in [1.807, 2.05) is 0 Å². The van der Waals surface area contributed by atoms with E-state index in [1.165, 1.54) is 11.8 Å². The summed E-state index contributed by atoms with van der Waals surface area (Å²) in [6.45, 7) is 2.50. The van der Waals surface area contributed by atoms with Gasteiger partial charge in [-0.25, -0.2) is 0 Å². The molecule has 3 aliphatic rings. The Morgan fingerprint density at radius 1 is 1.32 bits per heavy atom. The van der Waals surface area contributed by atoms with Crippen LogP contribution in [0.25, 0.3) is 0 Å². The van der Waals surface area contributed by atoms with Crippen molar-refractivity contribution in [2.75, 3.05) is 19.9 Å². The molecule has 1 fully saturated rings. The zero-order chi connectivity index (χ0) is 17.6. The molecule has 132 valence electrons. The maximum atomic E-state index is 12.6. The average molecular weight is 345 g/mol. The zero-order valence-electron chi connectivity index (χ0n) is 13.9. The number of rotatable bonds is 4. The van der Waals surface area contributed by atoms with E-state index in [4.69, 9.17) is 14.2 Å². The van der Waals surface area contributed by atoms with E-state index >= 15 is 0 Å². The number of hydrogen-bond donors (Lipinski definition) is 1. The number of fused-ring (bicyclic) bond motifs is 1. The third kappa shape index (κ3) is 2.64. The third-order valence-electron chi connectivity index (χ3n) is 4.82. The van der Waals surface area contributed by atoms with Gasteiger partial charge >= 0.3 is 0 Å². The summed E-state index contributed by atoms with van der Waals surface area (Å²) in [4.78, 5) is 26.2. The van der Waals surface area contributed by atoms with E-state index in [2.05, 4.69) is 0 Å². The largest absolute Gasteiger partial charge is 0.503 e. The quantitative estimate of drug-likeness (QED) is 0.897. The minimum atomic E-state index is -0.649. The number of carbonyl (C=O) groups is 2. The van der Waals surface area contributed by atoms with Crippen LogP contribution in [0.3, 0.4) is 0 Å². The van der Waals surface area contributed by atoms with Crippen LogP contribution in [0, 0.1) is 0 Å². The third-order valence-corrected chi connectivity index (χ3v) is 4.82. The van der Waals surface area contributed by atoms with Crippen LogP contribution >= 0.6 is 0 Å². The summed E-state index contributed by atoms with van der Waals surface area (Å²) in [6.07, 6.45) is 1.72. The summed E-state index contributed by atoms with van der Waals surface area (Å²) in [5.74, 6) is -0.160. The van der Waals surface area contributed by atoms with Gasteiger partial charge in [-0.15, -0.1) is 0 Å². The van der Waals surface area contributed by atoms with Crippen LogP contribution in [0.2, 0.25) is 0 Å². The molecule has 0 bridgehead atoms. The molecule has 0 aromatic heterocycles. The first-order valence-electron chi connectivity index (χ1n) is 8.32. The molecule has 0 unspecified atom stereocenters. The smallest absolute Gasteiger partial charge is 0.290 e. The van der Waals surface area contributed by atoms with Gasteiger partial charge in [0, 0.05) is 13.2 Å². The van der Waals surface area contributed by atoms with Crippen LogP contribution in [0.5, 0.6) is 11.5 Å². The monoisotopic (exact) mass is 345 g/mol. The Balaban J connectivity index is 1.73. The molecule has 4 rings (SSSR count). The Morgan fingerprint density at radius 2 is 2.12 bits per heavy atom. The normalized spacial score (nSPS) is 25.2. The van der Waals surface area contributed by atoms with Gasteiger partial charge in [0.25, 0.3) is 5.91 Å². The number of carbonyl (C=O) groups excluding carboxylic acids is 2. The van der Waals surface area contributed by atoms with Gasteiger partial charge in [0.1, 0.15) is 0 Å². The van der Waals surface area contributed by atoms with Crippen LogP contribution < -0.4 is 9.47 Å². The summed E-state index contributed by atoms with van der Waals surface area (Å²) in [5.41, 5.74) is 0.812. The lowest BCUT2D eigenvalue weighted by Crippen LogP contribution is -2.37. The number of aliphatic hydroxyl groups is 1. The number of Topliss-reactive ketones (excluding diaryl/α,β-unsaturated/α-hetero) is 1. The van der Waals surface area contributed by atoms with E-state index in [-0.39, 0.29) is 24.3 Å². The molecule has 0 aliphatic carbocycles. The molecule has 2 atom stereocenters. The molecule has 7 nitrogen and oxygen atoms in total. The average Bonchev–Trinajstić information content (AvgIpc) is 3.30. The highest BCUT2D eigenvalue weighted by molar-refractivity contribution is 6.08. The molecule has 3 aliphatic heterocycles. The molecule has 0 saturated carbocycles. The maximum absolute atomic E-state index is 12.6. The van der Waals surface area contributed by atoms with Crippen molar-refractivity contribution >= 4 is 11.7 Å². The van der Waals surface area contributed by atoms with Crippen molar-refractivity contribution in [2.24, 2.45) is 0 Å². The Hall–Kier alpha value is -2.54. The van der Waals surface area contributed by atoms with Crippen LogP contribution in [0.15, 0.2) is 29.5 Å². The van der Waals surface area contributed by atoms with E-state index in [0.717, 1.165) is 12.8 Å². The second-order valence-corrected chi connectivity index (χ2v) is 6.43. The molecule has 1 amide bonds. The number of benzene rings is 1. The van der Waals surface area contributed by atoms with Crippen molar-refractivity contribution in [3.63, 3.8) is 0 Å². The lowest BCUT2D eigenvalue weighted by molar-refractivity contribution is -0.131. The standard InChI is InChI=1S/C18H19NO6/c1-10(20)15-16(11-4-5-13-14(7-11)25-9-24-13)19(18(22)17(15)21)8-12-3-2-6-23-12/h4-5,7,12,16,21H,2-3,6,8-9H2,1H3/t12-,16-/m1/s1. The lowest BCUT2D eigenvalue weighted by atomic mass is 9.96. The van der Waals surface area contributed by atoms with Crippen molar-refractivity contribution in [1.82, 2.24) is 4.90 Å². The highest BCUT2D eigenvalue weighted by Gasteiger charge is 2.43. The summed E-state index contributed by atoms with van der Waals surface area (Å²) in [6, 6.07) is 4.64. The zero-order valence-corrected chi connectivity index (χ0v) is 13.9. The summed E-state index contributed by atoms with van der Waals surface area (Å²) in [7, 11) is 0. The van der Waals surface area contributed by atoms with Crippen molar-refractivity contribution in [2.45, 2.75) is 31.9 Å². The van der Waals surface area contributed by atoms with Gasteiger partial charge in [-0.1, -0.05) is 6.07 Å². The predicted molar refractivity (Wildman–Crippen MR) is 86.3 cm³/mol. The Labute approximate surface area is 144 Å². The van der Waals surface area contributed by atoms with Crippen LogP contribution in [0.1, 0.15) is 31.4 Å². The number of ether oxygens (including phenoxy) is 3. The molecular formula is C18H19NO6. The van der Waals surface area contributed by atoms with E-state index in [0.29, 0.717) is 30.2 Å². The van der Waals surface area contributed by atoms with Gasteiger partial charge in [-0.05, 0) is 37.5 Å². The first-order valence-corrected chi connectivity index (χ1v) is 8.32. The van der Waals surface area contributed by atoms with Crippen LogP contribution in [-0.2, 0) is 14.3 Å². The van der Waals surface area contributed by atoms with Gasteiger partial charge in [0.05, 0.1) is 17.7 Å². The maximum Gasteiger partial charge on any atom is 0.290 e. The van der Waals surface area contributed by atoms with Crippen molar-refractivity contribution in [3.8, 4) is 11.5 Å². The molecule has 25 heavy (non-hydrogen) atoms. The number of ketones is 1. The second kappa shape index (κ2) is 6.07. The molecule has 0 radical (unpaired) electrons. The van der Waals surface area contributed by atoms with E-state index in [1.54, 1.807) is 18.2 Å². The fourth-order valence-electron chi connectivity index (χ4n) is 3.64. The lowest BCUT2D eigenvalue weighted by Gasteiger charge is -2.28. The van der Waals surface area contributed by atoms with Gasteiger partial charge in [-0.2, -0.15) is 0 Å². The molecule has 1 N–H and O–H groups in total. The van der Waals surface area contributed by atoms with E-state index < -0.39 is 17.7 Å². The first kappa shape index (κ1) is 16.0. The first-order chi connectivity index (χ1) is 12.1. The van der Waals surface area contributed by atoms with Gasteiger partial charge in [-0.3, -0.25) is 9.59 Å². The number of hydrogen-bond acceptors (Lipinski definition) is 6. The Kier molecular flexibility index (Phi) is 3.88. The van der Waals surface area contributed by atoms with Gasteiger partial charge < -0.3 is 24.2 Å². The van der Waals surface area contributed by atoms with Crippen LogP contribution in [-0.4, -0.2) is 47.7 Å².